The molecule has 0 aliphatic heterocycles. The third-order valence-electron chi connectivity index (χ3n) is 2.12. The van der Waals surface area contributed by atoms with Crippen LogP contribution in [0.4, 0.5) is 8.78 Å². The highest BCUT2D eigenvalue weighted by molar-refractivity contribution is 5.70. The molecule has 1 aromatic rings. The zero-order valence-electron chi connectivity index (χ0n) is 7.91. The van der Waals surface area contributed by atoms with Gasteiger partial charge in [-0.1, -0.05) is 6.07 Å². The van der Waals surface area contributed by atoms with Crippen molar-refractivity contribution in [1.29, 1.82) is 0 Å². The molecule has 3 nitrogen and oxygen atoms in total. The second kappa shape index (κ2) is 4.84. The van der Waals surface area contributed by atoms with Crippen LogP contribution in [0.3, 0.4) is 0 Å². The van der Waals surface area contributed by atoms with Gasteiger partial charge in [-0.3, -0.25) is 4.79 Å². The molecule has 0 fully saturated rings. The molecule has 0 saturated carbocycles. The van der Waals surface area contributed by atoms with Crippen molar-refractivity contribution in [2.24, 2.45) is 11.7 Å². The Morgan fingerprint density at radius 1 is 1.47 bits per heavy atom. The largest absolute Gasteiger partial charge is 0.481 e. The van der Waals surface area contributed by atoms with Crippen molar-refractivity contribution in [3.8, 4) is 0 Å². The molecule has 1 unspecified atom stereocenters. The highest BCUT2D eigenvalue weighted by Crippen LogP contribution is 2.14. The molecule has 82 valence electrons. The number of nitrogens with two attached hydrogens (primary N) is 1. The van der Waals surface area contributed by atoms with Crippen LogP contribution in [-0.2, 0) is 11.2 Å². The maximum atomic E-state index is 13.1. The fraction of sp³-hybridized carbons (Fsp3) is 0.300. The predicted octanol–water partition coefficient (Wildman–Crippen LogP) is 1.17. The molecule has 15 heavy (non-hydrogen) atoms. The number of benzene rings is 1. The zero-order chi connectivity index (χ0) is 11.4. The zero-order valence-corrected chi connectivity index (χ0v) is 7.91. The first-order valence-corrected chi connectivity index (χ1v) is 4.41. The summed E-state index contributed by atoms with van der Waals surface area (Å²) in [6.07, 6.45) is -0.0298. The number of carbonyl (C=O) groups is 1. The lowest BCUT2D eigenvalue weighted by molar-refractivity contribution is -0.141. The van der Waals surface area contributed by atoms with E-state index < -0.39 is 23.5 Å². The number of hydrogen-bond donors (Lipinski definition) is 2. The lowest BCUT2D eigenvalue weighted by Crippen LogP contribution is -2.25. The van der Waals surface area contributed by atoms with Crippen molar-refractivity contribution in [1.82, 2.24) is 0 Å². The Morgan fingerprint density at radius 3 is 2.60 bits per heavy atom. The van der Waals surface area contributed by atoms with E-state index in [1.165, 1.54) is 6.07 Å². The molecule has 0 saturated heterocycles. The first-order chi connectivity index (χ1) is 7.04. The molecule has 1 atom stereocenters. The summed E-state index contributed by atoms with van der Waals surface area (Å²) < 4.78 is 25.7. The van der Waals surface area contributed by atoms with Gasteiger partial charge in [-0.25, -0.2) is 8.78 Å². The van der Waals surface area contributed by atoms with Crippen LogP contribution in [-0.4, -0.2) is 17.6 Å². The Labute approximate surface area is 85.5 Å². The third-order valence-corrected chi connectivity index (χ3v) is 2.12. The molecule has 0 heterocycles. The monoisotopic (exact) mass is 215 g/mol. The van der Waals surface area contributed by atoms with Crippen LogP contribution in [0.15, 0.2) is 18.2 Å². The number of carboxylic acid groups (broad SMARTS) is 1. The van der Waals surface area contributed by atoms with Crippen molar-refractivity contribution in [3.63, 3.8) is 0 Å². The molecule has 5 heteroatoms. The Hall–Kier alpha value is -1.49. The van der Waals surface area contributed by atoms with E-state index in [2.05, 4.69) is 0 Å². The molecule has 0 aromatic heterocycles. The minimum Gasteiger partial charge on any atom is -0.481 e. The number of carboxylic acids is 1. The number of rotatable bonds is 4. The van der Waals surface area contributed by atoms with E-state index >= 15 is 0 Å². The molecule has 1 rings (SSSR count). The molecule has 1 aromatic carbocycles. The average molecular weight is 215 g/mol. The molecule has 0 spiro atoms. The van der Waals surface area contributed by atoms with E-state index in [-0.39, 0.29) is 18.5 Å². The fourth-order valence-corrected chi connectivity index (χ4v) is 1.22. The van der Waals surface area contributed by atoms with Gasteiger partial charge in [0, 0.05) is 12.6 Å². The average Bonchev–Trinajstić information content (AvgIpc) is 2.16. The van der Waals surface area contributed by atoms with Gasteiger partial charge in [0.2, 0.25) is 0 Å². The molecular formula is C10H11F2NO2. The van der Waals surface area contributed by atoms with Crippen molar-refractivity contribution >= 4 is 5.97 Å². The molecule has 0 amide bonds. The predicted molar refractivity (Wildman–Crippen MR) is 50.2 cm³/mol. The van der Waals surface area contributed by atoms with Crippen molar-refractivity contribution in [3.05, 3.63) is 35.4 Å². The first-order valence-electron chi connectivity index (χ1n) is 4.41. The SMILES string of the molecule is NCC(Cc1ccc(F)cc1F)C(=O)O. The minimum atomic E-state index is -1.08. The van der Waals surface area contributed by atoms with Gasteiger partial charge in [0.15, 0.2) is 0 Å². The summed E-state index contributed by atoms with van der Waals surface area (Å²) in [7, 11) is 0. The summed E-state index contributed by atoms with van der Waals surface area (Å²) in [6, 6.07) is 3.05. The molecule has 3 N–H and O–H groups in total. The maximum Gasteiger partial charge on any atom is 0.308 e. The van der Waals surface area contributed by atoms with Crippen LogP contribution >= 0.6 is 0 Å². The molecule has 0 aliphatic carbocycles. The summed E-state index contributed by atoms with van der Waals surface area (Å²) >= 11 is 0. The lowest BCUT2D eigenvalue weighted by atomic mass is 9.99. The normalized spacial score (nSPS) is 12.5. The van der Waals surface area contributed by atoms with Crippen molar-refractivity contribution < 1.29 is 18.7 Å². The van der Waals surface area contributed by atoms with Gasteiger partial charge in [-0.05, 0) is 18.1 Å². The molecule has 0 aliphatic rings. The molecular weight excluding hydrogens is 204 g/mol. The Kier molecular flexibility index (Phi) is 3.74. The highest BCUT2D eigenvalue weighted by Gasteiger charge is 2.17. The van der Waals surface area contributed by atoms with Crippen LogP contribution in [0.25, 0.3) is 0 Å². The fourth-order valence-electron chi connectivity index (χ4n) is 1.22. The quantitative estimate of drug-likeness (QED) is 0.792. The smallest absolute Gasteiger partial charge is 0.308 e. The van der Waals surface area contributed by atoms with Gasteiger partial charge in [-0.15, -0.1) is 0 Å². The summed E-state index contributed by atoms with van der Waals surface area (Å²) in [5.74, 6) is -3.35. The van der Waals surface area contributed by atoms with Gasteiger partial charge < -0.3 is 10.8 Å². The van der Waals surface area contributed by atoms with Crippen LogP contribution < -0.4 is 5.73 Å². The molecule has 0 bridgehead atoms. The standard InChI is InChI=1S/C10H11F2NO2/c11-8-2-1-6(9(12)4-8)3-7(5-13)10(14)15/h1-2,4,7H,3,5,13H2,(H,14,15). The second-order valence-corrected chi connectivity index (χ2v) is 3.21. The van der Waals surface area contributed by atoms with Gasteiger partial charge in [0.1, 0.15) is 11.6 Å². The van der Waals surface area contributed by atoms with Gasteiger partial charge in [-0.2, -0.15) is 0 Å². The van der Waals surface area contributed by atoms with Crippen molar-refractivity contribution in [2.75, 3.05) is 6.54 Å². The number of halogens is 2. The number of hydrogen-bond acceptors (Lipinski definition) is 2. The van der Waals surface area contributed by atoms with Crippen LogP contribution in [0.2, 0.25) is 0 Å². The summed E-state index contributed by atoms with van der Waals surface area (Å²) in [5, 5.41) is 8.70. The van der Waals surface area contributed by atoms with Gasteiger partial charge in [0.05, 0.1) is 5.92 Å². The summed E-state index contributed by atoms with van der Waals surface area (Å²) in [5.41, 5.74) is 5.39. The molecule has 0 radical (unpaired) electrons. The van der Waals surface area contributed by atoms with E-state index in [0.29, 0.717) is 0 Å². The minimum absolute atomic E-state index is 0.0298. The third kappa shape index (κ3) is 2.99. The van der Waals surface area contributed by atoms with Gasteiger partial charge >= 0.3 is 5.97 Å². The number of aliphatic carboxylic acids is 1. The summed E-state index contributed by atoms with van der Waals surface area (Å²) in [4.78, 5) is 10.6. The Morgan fingerprint density at radius 2 is 2.13 bits per heavy atom. The van der Waals surface area contributed by atoms with Crippen molar-refractivity contribution in [2.45, 2.75) is 6.42 Å². The topological polar surface area (TPSA) is 63.3 Å². The van der Waals surface area contributed by atoms with Crippen LogP contribution in [0.5, 0.6) is 0 Å². The van der Waals surface area contributed by atoms with E-state index in [9.17, 15) is 13.6 Å². The summed E-state index contributed by atoms with van der Waals surface area (Å²) in [6.45, 7) is -0.0772. The van der Waals surface area contributed by atoms with Crippen LogP contribution in [0, 0.1) is 17.6 Å². The van der Waals surface area contributed by atoms with E-state index in [1.54, 1.807) is 0 Å². The van der Waals surface area contributed by atoms with Crippen LogP contribution in [0.1, 0.15) is 5.56 Å². The van der Waals surface area contributed by atoms with E-state index in [1.807, 2.05) is 0 Å². The van der Waals surface area contributed by atoms with E-state index in [4.69, 9.17) is 10.8 Å². The highest BCUT2D eigenvalue weighted by atomic mass is 19.1. The Balaban J connectivity index is 2.84. The van der Waals surface area contributed by atoms with E-state index in [0.717, 1.165) is 12.1 Å². The lowest BCUT2D eigenvalue weighted by Gasteiger charge is -2.09. The maximum absolute atomic E-state index is 13.1. The van der Waals surface area contributed by atoms with Gasteiger partial charge in [0.25, 0.3) is 0 Å². The second-order valence-electron chi connectivity index (χ2n) is 3.21. The Bertz CT molecular complexity index is 368. The first kappa shape index (κ1) is 11.6.